The van der Waals surface area contributed by atoms with Crippen LogP contribution >= 0.6 is 11.6 Å². The van der Waals surface area contributed by atoms with Gasteiger partial charge in [0.1, 0.15) is 11.4 Å². The molecule has 0 atom stereocenters. The lowest BCUT2D eigenvalue weighted by Crippen LogP contribution is -2.32. The van der Waals surface area contributed by atoms with Gasteiger partial charge in [0.05, 0.1) is 18.3 Å². The number of ether oxygens (including phenoxy) is 1. The number of halogens is 1. The molecule has 2 amide bonds. The predicted octanol–water partition coefficient (Wildman–Crippen LogP) is 4.34. The molecule has 0 bridgehead atoms. The van der Waals surface area contributed by atoms with Crippen LogP contribution in [0, 0.1) is 0 Å². The van der Waals surface area contributed by atoms with Crippen LogP contribution in [0.5, 0.6) is 5.75 Å². The molecule has 174 valence electrons. The lowest BCUT2D eigenvalue weighted by Gasteiger charge is -2.12. The molecule has 7 nitrogen and oxygen atoms in total. The Bertz CT molecular complexity index is 1210. The van der Waals surface area contributed by atoms with Gasteiger partial charge in [0.25, 0.3) is 11.8 Å². The highest BCUT2D eigenvalue weighted by molar-refractivity contribution is 6.32. The summed E-state index contributed by atoms with van der Waals surface area (Å²) >= 11 is 6.12. The first-order valence-electron chi connectivity index (χ1n) is 10.4. The van der Waals surface area contributed by atoms with Crippen molar-refractivity contribution in [2.45, 2.75) is 0 Å². The van der Waals surface area contributed by atoms with Crippen molar-refractivity contribution in [3.05, 3.63) is 100 Å². The summed E-state index contributed by atoms with van der Waals surface area (Å²) < 4.78 is 5.13. The molecule has 0 saturated carbocycles. The van der Waals surface area contributed by atoms with Gasteiger partial charge in [-0.2, -0.15) is 5.10 Å². The number of carbonyl (C=O) groups excluding carboxylic acids is 2. The first-order valence-corrected chi connectivity index (χ1v) is 10.8. The van der Waals surface area contributed by atoms with Crippen molar-refractivity contribution < 1.29 is 14.3 Å². The molecule has 0 aliphatic carbocycles. The van der Waals surface area contributed by atoms with E-state index in [1.54, 1.807) is 48.5 Å². The maximum atomic E-state index is 12.9. The summed E-state index contributed by atoms with van der Waals surface area (Å²) in [6.45, 7) is 0. The largest absolute Gasteiger partial charge is 0.495 e. The van der Waals surface area contributed by atoms with E-state index in [2.05, 4.69) is 15.8 Å². The average Bonchev–Trinajstić information content (AvgIpc) is 2.84. The van der Waals surface area contributed by atoms with E-state index < -0.39 is 11.8 Å². The fourth-order valence-electron chi connectivity index (χ4n) is 2.97. The van der Waals surface area contributed by atoms with Gasteiger partial charge in [0.15, 0.2) is 0 Å². The molecule has 0 aliphatic heterocycles. The zero-order valence-electron chi connectivity index (χ0n) is 19.1. The molecule has 0 unspecified atom stereocenters. The molecular weight excluding hydrogens is 452 g/mol. The summed E-state index contributed by atoms with van der Waals surface area (Å²) in [4.78, 5) is 27.5. The molecule has 0 fully saturated rings. The van der Waals surface area contributed by atoms with Gasteiger partial charge in [-0.15, -0.1) is 0 Å². The molecule has 3 rings (SSSR count). The number of nitrogens with one attached hydrogen (secondary N) is 2. The Morgan fingerprint density at radius 2 is 1.65 bits per heavy atom. The minimum atomic E-state index is -0.572. The predicted molar refractivity (Wildman–Crippen MR) is 136 cm³/mol. The smallest absolute Gasteiger partial charge is 0.287 e. The summed E-state index contributed by atoms with van der Waals surface area (Å²) in [6, 6.07) is 21.3. The number of rotatable bonds is 8. The molecule has 0 heterocycles. The van der Waals surface area contributed by atoms with Crippen LogP contribution in [-0.2, 0) is 4.79 Å². The third-order valence-electron chi connectivity index (χ3n) is 4.80. The van der Waals surface area contributed by atoms with E-state index in [-0.39, 0.29) is 5.70 Å². The topological polar surface area (TPSA) is 83.0 Å². The van der Waals surface area contributed by atoms with Crippen molar-refractivity contribution in [3.8, 4) is 5.75 Å². The van der Waals surface area contributed by atoms with Crippen molar-refractivity contribution in [1.29, 1.82) is 0 Å². The van der Waals surface area contributed by atoms with E-state index in [0.29, 0.717) is 21.9 Å². The third kappa shape index (κ3) is 6.70. The minimum Gasteiger partial charge on any atom is -0.495 e. The molecule has 3 aromatic rings. The summed E-state index contributed by atoms with van der Waals surface area (Å²) in [5, 5.41) is 7.10. The Balaban J connectivity index is 1.80. The van der Waals surface area contributed by atoms with Crippen LogP contribution in [-0.4, -0.2) is 39.2 Å². The molecule has 8 heteroatoms. The molecule has 0 saturated heterocycles. The lowest BCUT2D eigenvalue weighted by atomic mass is 10.1. The maximum absolute atomic E-state index is 12.9. The molecule has 0 aromatic heterocycles. The van der Waals surface area contributed by atoms with E-state index >= 15 is 0 Å². The fraction of sp³-hybridized carbons (Fsp3) is 0.115. The van der Waals surface area contributed by atoms with Gasteiger partial charge >= 0.3 is 0 Å². The number of amides is 2. The van der Waals surface area contributed by atoms with Crippen molar-refractivity contribution >= 4 is 41.4 Å². The van der Waals surface area contributed by atoms with Gasteiger partial charge in [-0.25, -0.2) is 5.43 Å². The molecular formula is C26H25ClN4O3. The van der Waals surface area contributed by atoms with Gasteiger partial charge in [-0.3, -0.25) is 9.59 Å². The van der Waals surface area contributed by atoms with Crippen LogP contribution < -0.4 is 20.4 Å². The van der Waals surface area contributed by atoms with Crippen molar-refractivity contribution in [2.75, 3.05) is 26.1 Å². The van der Waals surface area contributed by atoms with Crippen LogP contribution in [0.15, 0.2) is 83.6 Å². The van der Waals surface area contributed by atoms with E-state index in [4.69, 9.17) is 16.3 Å². The Kier molecular flexibility index (Phi) is 8.43. The Hall–Kier alpha value is -4.10. The number of carbonyl (C=O) groups is 2. The van der Waals surface area contributed by atoms with Crippen LogP contribution in [0.4, 0.5) is 5.69 Å². The summed E-state index contributed by atoms with van der Waals surface area (Å²) in [5.41, 5.74) is 5.36. The quantitative estimate of drug-likeness (QED) is 0.288. The van der Waals surface area contributed by atoms with Gasteiger partial charge in [0, 0.05) is 25.3 Å². The standard InChI is InChI=1S/C26H25ClN4O3/c1-31(2)21-12-9-18(10-13-21)16-23(29-25(32)20-7-5-4-6-8-20)26(33)30-28-17-19-11-14-24(34-3)22(27)15-19/h4-17H,1-3H3,(H,29,32)(H,30,33)/b23-16-,28-17-. The third-order valence-corrected chi connectivity index (χ3v) is 5.10. The van der Waals surface area contributed by atoms with E-state index in [9.17, 15) is 9.59 Å². The summed E-state index contributed by atoms with van der Waals surface area (Å²) in [6.07, 6.45) is 3.04. The highest BCUT2D eigenvalue weighted by Gasteiger charge is 2.14. The lowest BCUT2D eigenvalue weighted by molar-refractivity contribution is -0.117. The Labute approximate surface area is 203 Å². The number of methoxy groups -OCH3 is 1. The molecule has 3 aromatic carbocycles. The molecule has 0 spiro atoms. The number of anilines is 1. The number of hydrazone groups is 1. The molecule has 0 radical (unpaired) electrons. The SMILES string of the molecule is COc1ccc(/C=N\NC(=O)/C(=C/c2ccc(N(C)C)cc2)NC(=O)c2ccccc2)cc1Cl. The number of hydrogen-bond acceptors (Lipinski definition) is 5. The molecule has 34 heavy (non-hydrogen) atoms. The molecule has 0 aliphatic rings. The zero-order chi connectivity index (χ0) is 24.5. The van der Waals surface area contributed by atoms with Gasteiger partial charge in [-0.1, -0.05) is 41.9 Å². The monoisotopic (exact) mass is 476 g/mol. The first-order chi connectivity index (χ1) is 16.4. The zero-order valence-corrected chi connectivity index (χ0v) is 19.8. The molecule has 2 N–H and O–H groups in total. The van der Waals surface area contributed by atoms with Gasteiger partial charge < -0.3 is 15.0 Å². The van der Waals surface area contributed by atoms with Gasteiger partial charge in [0.2, 0.25) is 0 Å². The highest BCUT2D eigenvalue weighted by atomic mass is 35.5. The number of benzene rings is 3. The Morgan fingerprint density at radius 3 is 2.26 bits per heavy atom. The number of hydrogen-bond donors (Lipinski definition) is 2. The summed E-state index contributed by atoms with van der Waals surface area (Å²) in [7, 11) is 5.41. The highest BCUT2D eigenvalue weighted by Crippen LogP contribution is 2.24. The second-order valence-corrected chi connectivity index (χ2v) is 7.86. The summed E-state index contributed by atoms with van der Waals surface area (Å²) in [5.74, 6) is -0.438. The van der Waals surface area contributed by atoms with Crippen LogP contribution in [0.25, 0.3) is 6.08 Å². The number of nitrogens with zero attached hydrogens (tertiary/aromatic N) is 2. The maximum Gasteiger partial charge on any atom is 0.287 e. The van der Waals surface area contributed by atoms with Crippen LogP contribution in [0.2, 0.25) is 5.02 Å². The van der Waals surface area contributed by atoms with E-state index in [1.165, 1.54) is 13.3 Å². The minimum absolute atomic E-state index is 0.0522. The van der Waals surface area contributed by atoms with Crippen LogP contribution in [0.1, 0.15) is 21.5 Å². The van der Waals surface area contributed by atoms with Crippen molar-refractivity contribution in [1.82, 2.24) is 10.7 Å². The second kappa shape index (κ2) is 11.7. The van der Waals surface area contributed by atoms with E-state index in [0.717, 1.165) is 11.3 Å². The van der Waals surface area contributed by atoms with E-state index in [1.807, 2.05) is 49.3 Å². The first kappa shape index (κ1) is 24.5. The fourth-order valence-corrected chi connectivity index (χ4v) is 3.23. The van der Waals surface area contributed by atoms with Crippen molar-refractivity contribution in [2.24, 2.45) is 5.10 Å². The van der Waals surface area contributed by atoms with Crippen molar-refractivity contribution in [3.63, 3.8) is 0 Å². The normalized spacial score (nSPS) is 11.2. The van der Waals surface area contributed by atoms with Gasteiger partial charge in [-0.05, 0) is 59.7 Å². The van der Waals surface area contributed by atoms with Crippen LogP contribution in [0.3, 0.4) is 0 Å². The second-order valence-electron chi connectivity index (χ2n) is 7.46. The Morgan fingerprint density at radius 1 is 0.971 bits per heavy atom. The average molecular weight is 477 g/mol.